The molecule has 0 fully saturated rings. The summed E-state index contributed by atoms with van der Waals surface area (Å²) >= 11 is 5.84. The van der Waals surface area contributed by atoms with Crippen molar-refractivity contribution in [3.63, 3.8) is 0 Å². The number of hydrogen-bond acceptors (Lipinski definition) is 2. The molecule has 7 heteroatoms. The third-order valence-electron chi connectivity index (χ3n) is 2.75. The van der Waals surface area contributed by atoms with Gasteiger partial charge in [-0.05, 0) is 25.1 Å². The van der Waals surface area contributed by atoms with Gasteiger partial charge in [0, 0.05) is 18.9 Å². The van der Waals surface area contributed by atoms with Crippen LogP contribution in [0.4, 0.5) is 8.78 Å². The van der Waals surface area contributed by atoms with E-state index in [1.807, 2.05) is 0 Å². The summed E-state index contributed by atoms with van der Waals surface area (Å²) in [5, 5.41) is 0.0196. The predicted molar refractivity (Wildman–Crippen MR) is 67.4 cm³/mol. The second-order valence-electron chi connectivity index (χ2n) is 3.98. The van der Waals surface area contributed by atoms with Crippen molar-refractivity contribution in [1.29, 1.82) is 0 Å². The number of imidazole rings is 1. The second kappa shape index (κ2) is 5.05. The average Bonchev–Trinajstić information content (AvgIpc) is 2.59. The van der Waals surface area contributed by atoms with Gasteiger partial charge < -0.3 is 4.74 Å². The minimum Gasteiger partial charge on any atom is -0.433 e. The van der Waals surface area contributed by atoms with Crippen molar-refractivity contribution in [3.05, 3.63) is 45.6 Å². The highest BCUT2D eigenvalue weighted by molar-refractivity contribution is 6.32. The molecular weight excluding hydrogens is 278 g/mol. The van der Waals surface area contributed by atoms with Crippen molar-refractivity contribution < 1.29 is 13.5 Å². The van der Waals surface area contributed by atoms with Crippen molar-refractivity contribution in [2.45, 2.75) is 13.5 Å². The van der Waals surface area contributed by atoms with E-state index in [4.69, 9.17) is 11.6 Å². The molecule has 0 atom stereocenters. The molecule has 0 aliphatic carbocycles. The molecule has 2 rings (SSSR count). The Morgan fingerprint density at radius 1 is 1.37 bits per heavy atom. The van der Waals surface area contributed by atoms with E-state index in [9.17, 15) is 13.6 Å². The lowest BCUT2D eigenvalue weighted by molar-refractivity contribution is -0.0497. The van der Waals surface area contributed by atoms with Gasteiger partial charge in [0.2, 0.25) is 0 Å². The largest absolute Gasteiger partial charge is 0.433 e. The maximum atomic E-state index is 12.1. The number of nitrogens with zero attached hydrogens (tertiary/aromatic N) is 2. The normalized spacial score (nSPS) is 11.1. The predicted octanol–water partition coefficient (Wildman–Crippen LogP) is 2.74. The molecule has 1 heterocycles. The molecule has 0 unspecified atom stereocenters. The van der Waals surface area contributed by atoms with Crippen LogP contribution >= 0.6 is 11.6 Å². The molecule has 1 aromatic heterocycles. The molecule has 1 aromatic carbocycles. The molecule has 0 aliphatic rings. The SMILES string of the molecule is Cc1cn(-c2ccc(OC(F)F)c(Cl)c2)c(=O)n1C. The van der Waals surface area contributed by atoms with Gasteiger partial charge in [0.15, 0.2) is 0 Å². The van der Waals surface area contributed by atoms with Crippen LogP contribution in [-0.4, -0.2) is 15.7 Å². The molecule has 0 radical (unpaired) electrons. The van der Waals surface area contributed by atoms with Gasteiger partial charge in [-0.2, -0.15) is 8.78 Å². The van der Waals surface area contributed by atoms with E-state index in [2.05, 4.69) is 4.74 Å². The minimum atomic E-state index is -2.94. The summed E-state index contributed by atoms with van der Waals surface area (Å²) in [6.45, 7) is -1.15. The fourth-order valence-electron chi connectivity index (χ4n) is 1.66. The lowest BCUT2D eigenvalue weighted by Gasteiger charge is -2.08. The second-order valence-corrected chi connectivity index (χ2v) is 4.38. The Bertz CT molecular complexity index is 664. The molecule has 0 saturated carbocycles. The zero-order valence-corrected chi connectivity index (χ0v) is 11.0. The van der Waals surface area contributed by atoms with Crippen LogP contribution in [0.5, 0.6) is 5.75 Å². The van der Waals surface area contributed by atoms with Crippen LogP contribution in [0, 0.1) is 6.92 Å². The van der Waals surface area contributed by atoms with Gasteiger partial charge in [-0.15, -0.1) is 0 Å². The van der Waals surface area contributed by atoms with Crippen LogP contribution in [0.15, 0.2) is 29.2 Å². The van der Waals surface area contributed by atoms with Crippen LogP contribution < -0.4 is 10.4 Å². The van der Waals surface area contributed by atoms with Crippen molar-refractivity contribution >= 4 is 11.6 Å². The first-order chi connectivity index (χ1) is 8.90. The summed E-state index contributed by atoms with van der Waals surface area (Å²) in [6, 6.07) is 4.20. The number of ether oxygens (including phenoxy) is 1. The van der Waals surface area contributed by atoms with Crippen LogP contribution in [0.25, 0.3) is 5.69 Å². The summed E-state index contributed by atoms with van der Waals surface area (Å²) in [7, 11) is 1.64. The molecule has 4 nitrogen and oxygen atoms in total. The van der Waals surface area contributed by atoms with E-state index in [1.165, 1.54) is 27.3 Å². The van der Waals surface area contributed by atoms with E-state index in [1.54, 1.807) is 20.2 Å². The topological polar surface area (TPSA) is 36.2 Å². The Morgan fingerprint density at radius 2 is 2.05 bits per heavy atom. The highest BCUT2D eigenvalue weighted by Gasteiger charge is 2.12. The Hall–Kier alpha value is -1.82. The average molecular weight is 289 g/mol. The summed E-state index contributed by atoms with van der Waals surface area (Å²) < 4.78 is 31.3. The number of aromatic nitrogens is 2. The molecule has 0 bridgehead atoms. The highest BCUT2D eigenvalue weighted by Crippen LogP contribution is 2.28. The first-order valence-electron chi connectivity index (χ1n) is 5.40. The van der Waals surface area contributed by atoms with Gasteiger partial charge in [0.05, 0.1) is 10.7 Å². The summed E-state index contributed by atoms with van der Waals surface area (Å²) in [5.41, 5.74) is 1.02. The molecule has 2 aromatic rings. The number of rotatable bonds is 3. The van der Waals surface area contributed by atoms with Crippen LogP contribution in [0.2, 0.25) is 5.02 Å². The highest BCUT2D eigenvalue weighted by atomic mass is 35.5. The summed E-state index contributed by atoms with van der Waals surface area (Å²) in [5.74, 6) is -0.124. The Labute approximate surface area is 112 Å². The quantitative estimate of drug-likeness (QED) is 0.871. The smallest absolute Gasteiger partial charge is 0.387 e. The van der Waals surface area contributed by atoms with Crippen molar-refractivity contribution in [1.82, 2.24) is 9.13 Å². The lowest BCUT2D eigenvalue weighted by atomic mass is 10.3. The first kappa shape index (κ1) is 13.6. The molecule has 0 spiro atoms. The van der Waals surface area contributed by atoms with E-state index in [0.717, 1.165) is 5.69 Å². The zero-order valence-electron chi connectivity index (χ0n) is 10.2. The third kappa shape index (κ3) is 2.63. The lowest BCUT2D eigenvalue weighted by Crippen LogP contribution is -2.21. The fraction of sp³-hybridized carbons (Fsp3) is 0.250. The minimum absolute atomic E-state index is 0.0196. The number of alkyl halides is 2. The monoisotopic (exact) mass is 288 g/mol. The molecular formula is C12H11ClF2N2O2. The number of benzene rings is 1. The van der Waals surface area contributed by atoms with Gasteiger partial charge in [-0.25, -0.2) is 4.79 Å². The number of halogens is 3. The van der Waals surface area contributed by atoms with Crippen LogP contribution in [-0.2, 0) is 7.05 Å². The van der Waals surface area contributed by atoms with Crippen LogP contribution in [0.3, 0.4) is 0 Å². The van der Waals surface area contributed by atoms with Crippen molar-refractivity contribution in [2.75, 3.05) is 0 Å². The summed E-state index contributed by atoms with van der Waals surface area (Å²) in [4.78, 5) is 11.9. The van der Waals surface area contributed by atoms with E-state index < -0.39 is 6.61 Å². The Balaban J connectivity index is 2.44. The van der Waals surface area contributed by atoms with Crippen molar-refractivity contribution in [3.8, 4) is 11.4 Å². The maximum Gasteiger partial charge on any atom is 0.387 e. The van der Waals surface area contributed by atoms with E-state index in [0.29, 0.717) is 5.69 Å². The van der Waals surface area contributed by atoms with E-state index in [-0.39, 0.29) is 16.5 Å². The van der Waals surface area contributed by atoms with Crippen LogP contribution in [0.1, 0.15) is 5.69 Å². The fourth-order valence-corrected chi connectivity index (χ4v) is 1.88. The molecule has 0 N–H and O–H groups in total. The zero-order chi connectivity index (χ0) is 14.2. The van der Waals surface area contributed by atoms with Gasteiger partial charge in [0.25, 0.3) is 0 Å². The number of aryl methyl sites for hydroxylation is 1. The van der Waals surface area contributed by atoms with Gasteiger partial charge in [0.1, 0.15) is 5.75 Å². The van der Waals surface area contributed by atoms with Crippen molar-refractivity contribution in [2.24, 2.45) is 7.05 Å². The van der Waals surface area contributed by atoms with Gasteiger partial charge in [-0.3, -0.25) is 9.13 Å². The standard InChI is InChI=1S/C12H11ClF2N2O2/c1-7-6-17(12(18)16(7)2)8-3-4-10(9(13)5-8)19-11(14)15/h3-6,11H,1-2H3. The molecule has 0 amide bonds. The molecule has 0 saturated heterocycles. The van der Waals surface area contributed by atoms with E-state index >= 15 is 0 Å². The molecule has 0 aliphatic heterocycles. The molecule has 102 valence electrons. The van der Waals surface area contributed by atoms with Gasteiger partial charge >= 0.3 is 12.3 Å². The third-order valence-corrected chi connectivity index (χ3v) is 3.04. The summed E-state index contributed by atoms with van der Waals surface area (Å²) in [6.07, 6.45) is 1.64. The maximum absolute atomic E-state index is 12.1. The molecule has 19 heavy (non-hydrogen) atoms. The first-order valence-corrected chi connectivity index (χ1v) is 5.77. The number of hydrogen-bond donors (Lipinski definition) is 0. The Kier molecular flexibility index (Phi) is 3.61. The Morgan fingerprint density at radius 3 is 2.53 bits per heavy atom. The van der Waals surface area contributed by atoms with Gasteiger partial charge in [-0.1, -0.05) is 11.6 Å².